The van der Waals surface area contributed by atoms with Gasteiger partial charge in [0.2, 0.25) is 0 Å². The molecule has 1 N–H and O–H groups in total. The van der Waals surface area contributed by atoms with Gasteiger partial charge < -0.3 is 10.0 Å². The van der Waals surface area contributed by atoms with Gasteiger partial charge in [-0.1, -0.05) is 40.2 Å². The van der Waals surface area contributed by atoms with E-state index in [0.29, 0.717) is 12.8 Å². The van der Waals surface area contributed by atoms with Gasteiger partial charge in [0.25, 0.3) is 0 Å². The summed E-state index contributed by atoms with van der Waals surface area (Å²) in [6, 6.07) is 8.02. The van der Waals surface area contributed by atoms with Gasteiger partial charge in [0.1, 0.15) is 5.54 Å². The number of rotatable bonds is 4. The van der Waals surface area contributed by atoms with Crippen molar-refractivity contribution in [2.75, 3.05) is 7.05 Å². The molecular formula is C16H18BrNO2. The zero-order chi connectivity index (χ0) is 14.6. The summed E-state index contributed by atoms with van der Waals surface area (Å²) >= 11 is 3.45. The van der Waals surface area contributed by atoms with Gasteiger partial charge in [-0.25, -0.2) is 4.79 Å². The summed E-state index contributed by atoms with van der Waals surface area (Å²) < 4.78 is 1.02. The van der Waals surface area contributed by atoms with Gasteiger partial charge in [-0.05, 0) is 49.2 Å². The van der Waals surface area contributed by atoms with Crippen molar-refractivity contribution in [1.82, 2.24) is 4.90 Å². The normalized spacial score (nSPS) is 21.8. The lowest BCUT2D eigenvalue weighted by molar-refractivity contribution is -0.149. The molecule has 1 unspecified atom stereocenters. The van der Waals surface area contributed by atoms with Crippen molar-refractivity contribution in [2.24, 2.45) is 0 Å². The Labute approximate surface area is 127 Å². The molecule has 0 radical (unpaired) electrons. The van der Waals surface area contributed by atoms with Crippen LogP contribution in [0.3, 0.4) is 0 Å². The minimum absolute atomic E-state index is 0.514. The smallest absolute Gasteiger partial charge is 0.329 e. The average Bonchev–Trinajstić information content (AvgIpc) is 2.59. The molecule has 0 saturated carbocycles. The second kappa shape index (κ2) is 6.27. The number of benzene rings is 1. The van der Waals surface area contributed by atoms with Crippen LogP contribution in [0.1, 0.15) is 18.4 Å². The second-order valence-corrected chi connectivity index (χ2v) is 5.97. The first-order valence-electron chi connectivity index (χ1n) is 6.59. The lowest BCUT2D eigenvalue weighted by atomic mass is 9.87. The van der Waals surface area contributed by atoms with E-state index in [-0.39, 0.29) is 0 Å². The van der Waals surface area contributed by atoms with Gasteiger partial charge in [-0.3, -0.25) is 0 Å². The van der Waals surface area contributed by atoms with E-state index < -0.39 is 11.5 Å². The number of nitrogens with zero attached hydrogens (tertiary/aromatic N) is 1. The van der Waals surface area contributed by atoms with Crippen molar-refractivity contribution >= 4 is 21.9 Å². The number of carboxylic acids is 1. The summed E-state index contributed by atoms with van der Waals surface area (Å²) in [6.07, 6.45) is 9.36. The highest BCUT2D eigenvalue weighted by Gasteiger charge is 2.40. The highest BCUT2D eigenvalue weighted by molar-refractivity contribution is 9.10. The van der Waals surface area contributed by atoms with Crippen LogP contribution in [0.25, 0.3) is 0 Å². The molecule has 0 spiro atoms. The standard InChI is InChI=1S/C16H18BrNO2/c1-18-11-4-2-3-9-16(18,15(19)20)10-8-13-6-5-7-14(17)12-13/h2-7,11-12H,8-10H2,1H3,(H,19,20). The van der Waals surface area contributed by atoms with Gasteiger partial charge in [-0.15, -0.1) is 0 Å². The van der Waals surface area contributed by atoms with Gasteiger partial charge in [-0.2, -0.15) is 0 Å². The summed E-state index contributed by atoms with van der Waals surface area (Å²) in [5.74, 6) is -0.772. The third kappa shape index (κ3) is 3.12. The molecule has 106 valence electrons. The zero-order valence-corrected chi connectivity index (χ0v) is 13.0. The third-order valence-electron chi connectivity index (χ3n) is 3.80. The lowest BCUT2D eigenvalue weighted by Gasteiger charge is -2.36. The molecule has 1 aliphatic rings. The minimum atomic E-state index is -0.869. The van der Waals surface area contributed by atoms with Gasteiger partial charge in [0, 0.05) is 11.5 Å². The molecule has 1 atom stereocenters. The molecule has 20 heavy (non-hydrogen) atoms. The lowest BCUT2D eigenvalue weighted by Crippen LogP contribution is -2.50. The molecule has 0 aromatic heterocycles. The average molecular weight is 336 g/mol. The Balaban J connectivity index is 2.19. The van der Waals surface area contributed by atoms with Crippen LogP contribution in [0.15, 0.2) is 53.2 Å². The molecular weight excluding hydrogens is 318 g/mol. The Hall–Kier alpha value is -1.55. The summed E-state index contributed by atoms with van der Waals surface area (Å²) in [7, 11) is 1.83. The van der Waals surface area contributed by atoms with E-state index in [0.717, 1.165) is 16.5 Å². The Morgan fingerprint density at radius 1 is 1.45 bits per heavy atom. The van der Waals surface area contributed by atoms with E-state index in [4.69, 9.17) is 0 Å². The van der Waals surface area contributed by atoms with Gasteiger partial charge in [0.15, 0.2) is 0 Å². The van der Waals surface area contributed by atoms with Crippen LogP contribution in [0.2, 0.25) is 0 Å². The van der Waals surface area contributed by atoms with Crippen LogP contribution < -0.4 is 0 Å². The summed E-state index contributed by atoms with van der Waals surface area (Å²) in [4.78, 5) is 13.6. The van der Waals surface area contributed by atoms with Crippen LogP contribution in [-0.4, -0.2) is 28.6 Å². The molecule has 0 saturated heterocycles. The molecule has 1 aromatic carbocycles. The molecule has 0 amide bonds. The van der Waals surface area contributed by atoms with E-state index in [1.165, 1.54) is 0 Å². The fourth-order valence-corrected chi connectivity index (χ4v) is 2.92. The predicted molar refractivity (Wildman–Crippen MR) is 83.5 cm³/mol. The van der Waals surface area contributed by atoms with Crippen molar-refractivity contribution in [2.45, 2.75) is 24.8 Å². The van der Waals surface area contributed by atoms with Gasteiger partial charge in [0.05, 0.1) is 0 Å². The second-order valence-electron chi connectivity index (χ2n) is 5.05. The van der Waals surface area contributed by atoms with E-state index in [9.17, 15) is 9.90 Å². The maximum Gasteiger partial charge on any atom is 0.329 e. The fourth-order valence-electron chi connectivity index (χ4n) is 2.47. The molecule has 3 nitrogen and oxygen atoms in total. The number of hydrogen-bond donors (Lipinski definition) is 1. The van der Waals surface area contributed by atoms with E-state index in [1.54, 1.807) is 0 Å². The number of carboxylic acid groups (broad SMARTS) is 1. The maximum atomic E-state index is 11.8. The van der Waals surface area contributed by atoms with E-state index in [2.05, 4.69) is 15.9 Å². The highest BCUT2D eigenvalue weighted by atomic mass is 79.9. The monoisotopic (exact) mass is 335 g/mol. The number of hydrogen-bond acceptors (Lipinski definition) is 2. The van der Waals surface area contributed by atoms with Crippen molar-refractivity contribution < 1.29 is 9.90 Å². The highest BCUT2D eigenvalue weighted by Crippen LogP contribution is 2.28. The Morgan fingerprint density at radius 3 is 2.95 bits per heavy atom. The van der Waals surface area contributed by atoms with E-state index in [1.807, 2.05) is 60.6 Å². The Morgan fingerprint density at radius 2 is 2.25 bits per heavy atom. The number of aliphatic carboxylic acids is 1. The quantitative estimate of drug-likeness (QED) is 0.913. The first-order valence-corrected chi connectivity index (χ1v) is 7.38. The van der Waals surface area contributed by atoms with E-state index >= 15 is 0 Å². The van der Waals surface area contributed by atoms with Crippen molar-refractivity contribution in [3.05, 3.63) is 58.7 Å². The van der Waals surface area contributed by atoms with Crippen LogP contribution >= 0.6 is 15.9 Å². The van der Waals surface area contributed by atoms with Crippen LogP contribution in [-0.2, 0) is 11.2 Å². The number of carbonyl (C=O) groups is 1. The molecule has 0 fully saturated rings. The molecule has 2 rings (SSSR count). The SMILES string of the molecule is CN1C=CC=CCC1(CCc1cccc(Br)c1)C(=O)O. The first-order chi connectivity index (χ1) is 9.54. The first kappa shape index (κ1) is 14.9. The maximum absolute atomic E-state index is 11.8. The molecule has 0 bridgehead atoms. The Bertz CT molecular complexity index is 553. The van der Waals surface area contributed by atoms with Crippen LogP contribution in [0, 0.1) is 0 Å². The number of halogens is 1. The van der Waals surface area contributed by atoms with Crippen LogP contribution in [0.4, 0.5) is 0 Å². The van der Waals surface area contributed by atoms with Crippen molar-refractivity contribution in [1.29, 1.82) is 0 Å². The van der Waals surface area contributed by atoms with Crippen molar-refractivity contribution in [3.8, 4) is 0 Å². The van der Waals surface area contributed by atoms with Crippen molar-refractivity contribution in [3.63, 3.8) is 0 Å². The fraction of sp³-hybridized carbons (Fsp3) is 0.312. The zero-order valence-electron chi connectivity index (χ0n) is 11.4. The largest absolute Gasteiger partial charge is 0.479 e. The molecule has 1 aliphatic heterocycles. The summed E-state index contributed by atoms with van der Waals surface area (Å²) in [6.45, 7) is 0. The van der Waals surface area contributed by atoms with Gasteiger partial charge >= 0.3 is 5.97 Å². The molecule has 4 heteroatoms. The number of aryl methyl sites for hydroxylation is 1. The van der Waals surface area contributed by atoms with Crippen LogP contribution in [0.5, 0.6) is 0 Å². The predicted octanol–water partition coefficient (Wildman–Crippen LogP) is 3.61. The molecule has 0 aliphatic carbocycles. The topological polar surface area (TPSA) is 40.5 Å². The summed E-state index contributed by atoms with van der Waals surface area (Å²) in [5, 5.41) is 9.70. The number of likely N-dealkylation sites (N-methyl/N-ethyl adjacent to an activating group) is 1. The Kier molecular flexibility index (Phi) is 4.65. The number of allylic oxidation sites excluding steroid dienone is 2. The molecule has 1 heterocycles. The third-order valence-corrected chi connectivity index (χ3v) is 4.30. The summed E-state index contributed by atoms with van der Waals surface area (Å²) in [5.41, 5.74) is 0.275. The molecule has 1 aromatic rings. The minimum Gasteiger partial charge on any atom is -0.479 e.